The summed E-state index contributed by atoms with van der Waals surface area (Å²) < 4.78 is 8.58. The van der Waals surface area contributed by atoms with Gasteiger partial charge in [0.25, 0.3) is 0 Å². The molecule has 0 bridgehead atoms. The van der Waals surface area contributed by atoms with Crippen molar-refractivity contribution in [2.24, 2.45) is 7.05 Å². The summed E-state index contributed by atoms with van der Waals surface area (Å²) in [6.45, 7) is 6.73. The second-order valence-corrected chi connectivity index (χ2v) is 5.02. The molecule has 0 amide bonds. The van der Waals surface area contributed by atoms with Crippen molar-refractivity contribution in [3.8, 4) is 17.0 Å². The predicted molar refractivity (Wildman–Crippen MR) is 77.0 cm³/mol. The largest absolute Gasteiger partial charge is 0.494 e. The number of ether oxygens (including phenoxy) is 1. The van der Waals surface area contributed by atoms with Crippen molar-refractivity contribution in [1.29, 1.82) is 0 Å². The van der Waals surface area contributed by atoms with Crippen molar-refractivity contribution in [2.75, 3.05) is 6.61 Å². The summed E-state index contributed by atoms with van der Waals surface area (Å²) in [6.07, 6.45) is 0. The molecule has 2 aromatic rings. The number of rotatable bonds is 3. The standard InChI is InChI=1S/C14H17BrN2O/c1-5-18-12-7-6-11(8-9(12)2)13-14(15)17(4)10(3)16-13/h6-8H,5H2,1-4H3. The van der Waals surface area contributed by atoms with E-state index >= 15 is 0 Å². The van der Waals surface area contributed by atoms with Crippen molar-refractivity contribution in [2.45, 2.75) is 20.8 Å². The number of aryl methyl sites for hydroxylation is 2. The fourth-order valence-corrected chi connectivity index (χ4v) is 2.46. The summed E-state index contributed by atoms with van der Waals surface area (Å²) in [5.74, 6) is 1.92. The maximum atomic E-state index is 5.55. The van der Waals surface area contributed by atoms with Crippen molar-refractivity contribution >= 4 is 15.9 Å². The molecule has 1 heterocycles. The van der Waals surface area contributed by atoms with Crippen LogP contribution in [0.5, 0.6) is 5.75 Å². The van der Waals surface area contributed by atoms with E-state index in [1.54, 1.807) is 0 Å². The Kier molecular flexibility index (Phi) is 3.76. The van der Waals surface area contributed by atoms with Crippen LogP contribution in [0.15, 0.2) is 22.8 Å². The highest BCUT2D eigenvalue weighted by Gasteiger charge is 2.12. The monoisotopic (exact) mass is 308 g/mol. The zero-order valence-electron chi connectivity index (χ0n) is 11.1. The van der Waals surface area contributed by atoms with Gasteiger partial charge in [0, 0.05) is 12.6 Å². The lowest BCUT2D eigenvalue weighted by Crippen LogP contribution is -1.94. The van der Waals surface area contributed by atoms with E-state index < -0.39 is 0 Å². The lowest BCUT2D eigenvalue weighted by molar-refractivity contribution is 0.338. The molecule has 0 saturated heterocycles. The molecule has 0 atom stereocenters. The van der Waals surface area contributed by atoms with Crippen LogP contribution in [0, 0.1) is 13.8 Å². The average Bonchev–Trinajstić information content (AvgIpc) is 2.60. The van der Waals surface area contributed by atoms with Crippen LogP contribution in [0.25, 0.3) is 11.3 Å². The van der Waals surface area contributed by atoms with Crippen molar-refractivity contribution in [3.05, 3.63) is 34.2 Å². The van der Waals surface area contributed by atoms with Gasteiger partial charge < -0.3 is 9.30 Å². The van der Waals surface area contributed by atoms with Gasteiger partial charge in [0.05, 0.1) is 6.61 Å². The Morgan fingerprint density at radius 3 is 2.56 bits per heavy atom. The molecule has 0 spiro atoms. The summed E-state index contributed by atoms with van der Waals surface area (Å²) in [4.78, 5) is 4.57. The normalized spacial score (nSPS) is 10.7. The topological polar surface area (TPSA) is 27.1 Å². The third-order valence-corrected chi connectivity index (χ3v) is 3.90. The second-order valence-electron chi connectivity index (χ2n) is 4.27. The fraction of sp³-hybridized carbons (Fsp3) is 0.357. The first kappa shape index (κ1) is 13.1. The van der Waals surface area contributed by atoms with Crippen LogP contribution in [-0.2, 0) is 7.05 Å². The first-order chi connectivity index (χ1) is 8.54. The van der Waals surface area contributed by atoms with E-state index in [0.717, 1.165) is 33.0 Å². The number of hydrogen-bond acceptors (Lipinski definition) is 2. The number of hydrogen-bond donors (Lipinski definition) is 0. The van der Waals surface area contributed by atoms with Crippen LogP contribution in [0.2, 0.25) is 0 Å². The molecule has 0 aliphatic rings. The summed E-state index contributed by atoms with van der Waals surface area (Å²) in [5.41, 5.74) is 3.21. The molecule has 18 heavy (non-hydrogen) atoms. The molecule has 4 heteroatoms. The fourth-order valence-electron chi connectivity index (χ4n) is 1.88. The second kappa shape index (κ2) is 5.14. The molecule has 0 radical (unpaired) electrons. The summed E-state index contributed by atoms with van der Waals surface area (Å²) in [5, 5.41) is 0. The molecule has 1 aromatic heterocycles. The van der Waals surface area contributed by atoms with Crippen LogP contribution in [0.4, 0.5) is 0 Å². The van der Waals surface area contributed by atoms with Crippen LogP contribution in [0.3, 0.4) is 0 Å². The molecular weight excluding hydrogens is 292 g/mol. The first-order valence-electron chi connectivity index (χ1n) is 5.97. The zero-order valence-corrected chi connectivity index (χ0v) is 12.7. The number of halogens is 1. The van der Waals surface area contributed by atoms with E-state index in [1.807, 2.05) is 37.6 Å². The molecule has 1 aromatic carbocycles. The van der Waals surface area contributed by atoms with Gasteiger partial charge in [0.2, 0.25) is 0 Å². The summed E-state index contributed by atoms with van der Waals surface area (Å²) in [7, 11) is 2.00. The predicted octanol–water partition coefficient (Wildman–Crippen LogP) is 3.87. The quantitative estimate of drug-likeness (QED) is 0.861. The van der Waals surface area contributed by atoms with Crippen molar-refractivity contribution < 1.29 is 4.74 Å². The van der Waals surface area contributed by atoms with Gasteiger partial charge in [-0.25, -0.2) is 4.98 Å². The molecular formula is C14H17BrN2O. The average molecular weight is 309 g/mol. The van der Waals surface area contributed by atoms with Gasteiger partial charge in [-0.2, -0.15) is 0 Å². The van der Waals surface area contributed by atoms with Gasteiger partial charge in [-0.1, -0.05) is 0 Å². The molecule has 0 unspecified atom stereocenters. The third-order valence-electron chi connectivity index (χ3n) is 3.00. The minimum atomic E-state index is 0.687. The Balaban J connectivity index is 2.45. The Bertz CT molecular complexity index is 575. The van der Waals surface area contributed by atoms with Gasteiger partial charge in [-0.05, 0) is 60.5 Å². The summed E-state index contributed by atoms with van der Waals surface area (Å²) in [6, 6.07) is 6.16. The maximum absolute atomic E-state index is 5.55. The highest BCUT2D eigenvalue weighted by Crippen LogP contribution is 2.31. The molecule has 0 saturated carbocycles. The van der Waals surface area contributed by atoms with Gasteiger partial charge in [-0.3, -0.25) is 0 Å². The Labute approximate surface area is 116 Å². The Morgan fingerprint density at radius 1 is 1.33 bits per heavy atom. The van der Waals surface area contributed by atoms with E-state index in [9.17, 15) is 0 Å². The first-order valence-corrected chi connectivity index (χ1v) is 6.76. The molecule has 0 fully saturated rings. The molecule has 0 aliphatic heterocycles. The van der Waals surface area contributed by atoms with Gasteiger partial charge in [-0.15, -0.1) is 0 Å². The molecule has 0 N–H and O–H groups in total. The van der Waals surface area contributed by atoms with E-state index in [0.29, 0.717) is 6.61 Å². The van der Waals surface area contributed by atoms with Crippen LogP contribution < -0.4 is 4.74 Å². The van der Waals surface area contributed by atoms with Gasteiger partial charge in [0.1, 0.15) is 21.9 Å². The summed E-state index contributed by atoms with van der Waals surface area (Å²) >= 11 is 3.58. The highest BCUT2D eigenvalue weighted by molar-refractivity contribution is 9.10. The number of nitrogens with zero attached hydrogens (tertiary/aromatic N) is 2. The maximum Gasteiger partial charge on any atom is 0.122 e. The number of imidazole rings is 1. The SMILES string of the molecule is CCOc1ccc(-c2nc(C)n(C)c2Br)cc1C. The molecule has 2 rings (SSSR count). The zero-order chi connectivity index (χ0) is 13.3. The smallest absolute Gasteiger partial charge is 0.122 e. The van der Waals surface area contributed by atoms with E-state index in [-0.39, 0.29) is 0 Å². The third kappa shape index (κ3) is 2.29. The number of benzene rings is 1. The Hall–Kier alpha value is -1.29. The van der Waals surface area contributed by atoms with Crippen molar-refractivity contribution in [1.82, 2.24) is 9.55 Å². The van der Waals surface area contributed by atoms with E-state index in [1.165, 1.54) is 0 Å². The molecule has 96 valence electrons. The molecule has 3 nitrogen and oxygen atoms in total. The van der Waals surface area contributed by atoms with Crippen LogP contribution in [0.1, 0.15) is 18.3 Å². The van der Waals surface area contributed by atoms with Gasteiger partial charge in [0.15, 0.2) is 0 Å². The van der Waals surface area contributed by atoms with Crippen LogP contribution >= 0.6 is 15.9 Å². The van der Waals surface area contributed by atoms with Crippen LogP contribution in [-0.4, -0.2) is 16.2 Å². The van der Waals surface area contributed by atoms with Gasteiger partial charge >= 0.3 is 0 Å². The Morgan fingerprint density at radius 2 is 2.06 bits per heavy atom. The highest BCUT2D eigenvalue weighted by atomic mass is 79.9. The minimum Gasteiger partial charge on any atom is -0.494 e. The molecule has 0 aliphatic carbocycles. The van der Waals surface area contributed by atoms with Crippen molar-refractivity contribution in [3.63, 3.8) is 0 Å². The van der Waals surface area contributed by atoms with E-state index in [2.05, 4.69) is 33.9 Å². The minimum absolute atomic E-state index is 0.687. The van der Waals surface area contributed by atoms with E-state index in [4.69, 9.17) is 4.74 Å². The number of aromatic nitrogens is 2. The lowest BCUT2D eigenvalue weighted by atomic mass is 10.1. The lowest BCUT2D eigenvalue weighted by Gasteiger charge is -2.08.